The van der Waals surface area contributed by atoms with Gasteiger partial charge in [-0.15, -0.1) is 0 Å². The number of hydrogen-bond donors (Lipinski definition) is 3. The summed E-state index contributed by atoms with van der Waals surface area (Å²) in [5.41, 5.74) is 0.741. The molecule has 0 radical (unpaired) electrons. The topological polar surface area (TPSA) is 104 Å². The predicted octanol–water partition coefficient (Wildman–Crippen LogP) is 3.18. The molecule has 2 rings (SSSR count). The van der Waals surface area contributed by atoms with E-state index in [2.05, 4.69) is 15.4 Å². The van der Waals surface area contributed by atoms with E-state index in [0.717, 1.165) is 12.8 Å². The largest absolute Gasteiger partial charge is 0.352 e. The number of nitrogens with one attached hydrogen (secondary N) is 3. The highest BCUT2D eigenvalue weighted by Crippen LogP contribution is 2.16. The Hall–Kier alpha value is -2.42. The van der Waals surface area contributed by atoms with Crippen LogP contribution in [0.15, 0.2) is 53.4 Å². The van der Waals surface area contributed by atoms with Crippen LogP contribution in [0.3, 0.4) is 0 Å². The van der Waals surface area contributed by atoms with E-state index in [1.54, 1.807) is 24.3 Å². The molecule has 7 nitrogen and oxygen atoms in total. The zero-order valence-electron chi connectivity index (χ0n) is 16.1. The fraction of sp³-hybridized carbons (Fsp3) is 0.300. The molecule has 3 N–H and O–H groups in total. The van der Waals surface area contributed by atoms with E-state index in [0.29, 0.717) is 22.8 Å². The van der Waals surface area contributed by atoms with Crippen LogP contribution in [0.25, 0.3) is 0 Å². The Labute approximate surface area is 175 Å². The molecule has 0 bridgehead atoms. The normalized spacial score (nSPS) is 11.1. The smallest absolute Gasteiger partial charge is 0.253 e. The zero-order valence-corrected chi connectivity index (χ0v) is 17.6. The number of hydrogen-bond acceptors (Lipinski definition) is 4. The number of amides is 2. The number of carbonyl (C=O) groups excluding carboxylic acids is 2. The van der Waals surface area contributed by atoms with Gasteiger partial charge in [0.15, 0.2) is 0 Å². The molecule has 0 atom stereocenters. The van der Waals surface area contributed by atoms with Gasteiger partial charge in [-0.2, -0.15) is 0 Å². The van der Waals surface area contributed by atoms with E-state index in [9.17, 15) is 18.0 Å². The number of unbranched alkanes of at least 4 members (excludes halogenated alkanes) is 1. The zero-order chi connectivity index (χ0) is 21.3. The molecule has 0 unspecified atom stereocenters. The third-order valence-electron chi connectivity index (χ3n) is 4.03. The van der Waals surface area contributed by atoms with Crippen molar-refractivity contribution in [2.24, 2.45) is 0 Å². The molecular formula is C20H24ClN3O4S. The van der Waals surface area contributed by atoms with E-state index < -0.39 is 15.9 Å². The van der Waals surface area contributed by atoms with Gasteiger partial charge in [-0.05, 0) is 42.8 Å². The van der Waals surface area contributed by atoms with Crippen molar-refractivity contribution in [2.45, 2.75) is 31.1 Å². The van der Waals surface area contributed by atoms with Gasteiger partial charge in [0, 0.05) is 24.5 Å². The van der Waals surface area contributed by atoms with Crippen LogP contribution in [-0.2, 0) is 14.8 Å². The molecule has 0 aromatic heterocycles. The highest BCUT2D eigenvalue weighted by molar-refractivity contribution is 7.89. The lowest BCUT2D eigenvalue weighted by molar-refractivity contribution is -0.116. The van der Waals surface area contributed by atoms with Crippen LogP contribution in [-0.4, -0.2) is 33.3 Å². The minimum atomic E-state index is -3.73. The summed E-state index contributed by atoms with van der Waals surface area (Å²) in [5, 5.41) is 5.90. The molecule has 0 aliphatic carbocycles. The van der Waals surface area contributed by atoms with Crippen LogP contribution < -0.4 is 15.4 Å². The number of anilines is 1. The van der Waals surface area contributed by atoms with Gasteiger partial charge in [0.2, 0.25) is 15.9 Å². The van der Waals surface area contributed by atoms with Crippen molar-refractivity contribution in [3.63, 3.8) is 0 Å². The summed E-state index contributed by atoms with van der Waals surface area (Å²) in [7, 11) is -3.73. The maximum atomic E-state index is 12.3. The van der Waals surface area contributed by atoms with Crippen molar-refractivity contribution in [3.8, 4) is 0 Å². The first-order valence-electron chi connectivity index (χ1n) is 9.26. The summed E-state index contributed by atoms with van der Waals surface area (Å²) in [4.78, 5) is 24.6. The summed E-state index contributed by atoms with van der Waals surface area (Å²) in [6, 6.07) is 12.4. The first kappa shape index (κ1) is 22.9. The van der Waals surface area contributed by atoms with Crippen molar-refractivity contribution < 1.29 is 18.0 Å². The maximum Gasteiger partial charge on any atom is 0.253 e. The third-order valence-corrected chi connectivity index (χ3v) is 5.76. The second-order valence-corrected chi connectivity index (χ2v) is 8.51. The molecule has 2 amide bonds. The molecule has 0 spiro atoms. The molecule has 0 aliphatic heterocycles. The SMILES string of the molecule is CCCCNC(=O)c1ccccc1NC(=O)CCNS(=O)(=O)c1ccc(Cl)cc1. The van der Waals surface area contributed by atoms with Gasteiger partial charge >= 0.3 is 0 Å². The fourth-order valence-electron chi connectivity index (χ4n) is 2.47. The fourth-order valence-corrected chi connectivity index (χ4v) is 3.63. The molecule has 0 saturated heterocycles. The average molecular weight is 438 g/mol. The second kappa shape index (κ2) is 10.9. The third kappa shape index (κ3) is 7.16. The Bertz CT molecular complexity index is 946. The maximum absolute atomic E-state index is 12.3. The minimum Gasteiger partial charge on any atom is -0.352 e. The van der Waals surface area contributed by atoms with Gasteiger partial charge in [-0.25, -0.2) is 13.1 Å². The molecule has 2 aromatic carbocycles. The highest BCUT2D eigenvalue weighted by atomic mass is 35.5. The highest BCUT2D eigenvalue weighted by Gasteiger charge is 2.15. The average Bonchev–Trinajstić information content (AvgIpc) is 2.68. The van der Waals surface area contributed by atoms with Gasteiger partial charge in [0.05, 0.1) is 16.1 Å². The summed E-state index contributed by atoms with van der Waals surface area (Å²) in [5.74, 6) is -0.671. The first-order chi connectivity index (χ1) is 13.8. The standard InChI is InChI=1S/C20H24ClN3O4S/c1-2-3-13-22-20(26)17-6-4-5-7-18(17)24-19(25)12-14-23-29(27,28)16-10-8-15(21)9-11-16/h4-11,23H,2-3,12-14H2,1H3,(H,22,26)(H,24,25). The van der Waals surface area contributed by atoms with Crippen molar-refractivity contribution >= 4 is 39.1 Å². The van der Waals surface area contributed by atoms with Gasteiger partial charge in [-0.1, -0.05) is 37.1 Å². The molecular weight excluding hydrogens is 414 g/mol. The Balaban J connectivity index is 1.91. The molecule has 2 aromatic rings. The quantitative estimate of drug-likeness (QED) is 0.496. The Morgan fingerprint density at radius 1 is 1.00 bits per heavy atom. The van der Waals surface area contributed by atoms with Crippen LogP contribution >= 0.6 is 11.6 Å². The van der Waals surface area contributed by atoms with E-state index in [4.69, 9.17) is 11.6 Å². The lowest BCUT2D eigenvalue weighted by Gasteiger charge is -2.12. The van der Waals surface area contributed by atoms with Crippen molar-refractivity contribution in [2.75, 3.05) is 18.4 Å². The first-order valence-corrected chi connectivity index (χ1v) is 11.1. The summed E-state index contributed by atoms with van der Waals surface area (Å²) in [6.45, 7) is 2.51. The summed E-state index contributed by atoms with van der Waals surface area (Å²) in [6.07, 6.45) is 1.75. The van der Waals surface area contributed by atoms with E-state index in [1.807, 2.05) is 6.92 Å². The number of benzene rings is 2. The van der Waals surface area contributed by atoms with E-state index >= 15 is 0 Å². The van der Waals surface area contributed by atoms with Crippen molar-refractivity contribution in [1.29, 1.82) is 0 Å². The van der Waals surface area contributed by atoms with Crippen molar-refractivity contribution in [1.82, 2.24) is 10.0 Å². The monoisotopic (exact) mass is 437 g/mol. The molecule has 0 heterocycles. The molecule has 0 aliphatic rings. The Morgan fingerprint density at radius 3 is 2.38 bits per heavy atom. The second-order valence-electron chi connectivity index (χ2n) is 6.30. The van der Waals surface area contributed by atoms with Gasteiger partial charge in [-0.3, -0.25) is 9.59 Å². The van der Waals surface area contributed by atoms with E-state index in [-0.39, 0.29) is 23.8 Å². The number of carbonyl (C=O) groups is 2. The number of para-hydroxylation sites is 1. The summed E-state index contributed by atoms with van der Waals surface area (Å²) < 4.78 is 26.8. The number of sulfonamides is 1. The van der Waals surface area contributed by atoms with E-state index in [1.165, 1.54) is 24.3 Å². The lowest BCUT2D eigenvalue weighted by atomic mass is 10.1. The number of halogens is 1. The van der Waals surface area contributed by atoms with Gasteiger partial charge in [0.25, 0.3) is 5.91 Å². The van der Waals surface area contributed by atoms with Crippen LogP contribution in [0.4, 0.5) is 5.69 Å². The predicted molar refractivity (Wildman–Crippen MR) is 114 cm³/mol. The van der Waals surface area contributed by atoms with Gasteiger partial charge < -0.3 is 10.6 Å². The molecule has 0 fully saturated rings. The Morgan fingerprint density at radius 2 is 1.69 bits per heavy atom. The molecule has 0 saturated carbocycles. The lowest BCUT2D eigenvalue weighted by Crippen LogP contribution is -2.29. The molecule has 29 heavy (non-hydrogen) atoms. The molecule has 9 heteroatoms. The van der Waals surface area contributed by atoms with Crippen LogP contribution in [0.2, 0.25) is 5.02 Å². The minimum absolute atomic E-state index is 0.0661. The van der Waals surface area contributed by atoms with Crippen LogP contribution in [0.1, 0.15) is 36.5 Å². The Kier molecular flexibility index (Phi) is 8.63. The van der Waals surface area contributed by atoms with Gasteiger partial charge in [0.1, 0.15) is 0 Å². The number of rotatable bonds is 10. The van der Waals surface area contributed by atoms with Crippen LogP contribution in [0.5, 0.6) is 0 Å². The van der Waals surface area contributed by atoms with Crippen LogP contribution in [0, 0.1) is 0 Å². The molecule has 156 valence electrons. The summed E-state index contributed by atoms with van der Waals surface area (Å²) >= 11 is 5.76. The van der Waals surface area contributed by atoms with Crippen molar-refractivity contribution in [3.05, 3.63) is 59.1 Å².